The van der Waals surface area contributed by atoms with Crippen LogP contribution in [-0.2, 0) is 9.63 Å². The minimum absolute atomic E-state index is 0.243. The van der Waals surface area contributed by atoms with Gasteiger partial charge in [-0.25, -0.2) is 0 Å². The van der Waals surface area contributed by atoms with Gasteiger partial charge in [-0.3, -0.25) is 20.1 Å². The highest BCUT2D eigenvalue weighted by Crippen LogP contribution is 2.32. The fourth-order valence-corrected chi connectivity index (χ4v) is 4.81. The first kappa shape index (κ1) is 25.2. The minimum Gasteiger partial charge on any atom is -0.294 e. The van der Waals surface area contributed by atoms with Gasteiger partial charge in [0.1, 0.15) is 0 Å². The summed E-state index contributed by atoms with van der Waals surface area (Å²) in [6.07, 6.45) is 9.26. The lowest BCUT2D eigenvalue weighted by Crippen LogP contribution is -2.32. The standard InChI is InChI=1S/C23H42N2O2S/c1-6-10-11-12-14-24-21-16-19(15-18(5)28-9-4)17-22(26)23(21)20(13-7-2)25-27-8-3/h18-19,25H,6-17H2,1-5H3. The fourth-order valence-electron chi connectivity index (χ4n) is 3.84. The highest BCUT2D eigenvalue weighted by Gasteiger charge is 2.32. The van der Waals surface area contributed by atoms with E-state index in [4.69, 9.17) is 9.83 Å². The van der Waals surface area contributed by atoms with E-state index >= 15 is 0 Å². The molecule has 0 aromatic rings. The van der Waals surface area contributed by atoms with Crippen molar-refractivity contribution in [1.29, 1.82) is 0 Å². The smallest absolute Gasteiger partial charge is 0.166 e. The summed E-state index contributed by atoms with van der Waals surface area (Å²) >= 11 is 1.99. The Bertz CT molecular complexity index is 517. The molecule has 162 valence electrons. The molecule has 1 saturated carbocycles. The van der Waals surface area contributed by atoms with Crippen LogP contribution in [0, 0.1) is 5.92 Å². The minimum atomic E-state index is 0.243. The van der Waals surface area contributed by atoms with Crippen LogP contribution >= 0.6 is 11.8 Å². The molecule has 1 N–H and O–H groups in total. The van der Waals surface area contributed by atoms with Gasteiger partial charge in [0, 0.05) is 23.9 Å². The van der Waals surface area contributed by atoms with Gasteiger partial charge in [0.05, 0.1) is 17.9 Å². The number of hydrogen-bond donors (Lipinski definition) is 1. The molecule has 1 aliphatic rings. The number of carbonyl (C=O) groups is 1. The summed E-state index contributed by atoms with van der Waals surface area (Å²) in [5.74, 6) is 1.78. The summed E-state index contributed by atoms with van der Waals surface area (Å²) in [5, 5.41) is 0.593. The van der Waals surface area contributed by atoms with Gasteiger partial charge in [-0.1, -0.05) is 53.4 Å². The van der Waals surface area contributed by atoms with E-state index < -0.39 is 0 Å². The van der Waals surface area contributed by atoms with E-state index in [-0.39, 0.29) is 5.78 Å². The quantitative estimate of drug-likeness (QED) is 0.213. The van der Waals surface area contributed by atoms with Crippen LogP contribution in [0.2, 0.25) is 0 Å². The molecule has 2 unspecified atom stereocenters. The molecule has 2 atom stereocenters. The molecule has 0 aromatic heterocycles. The lowest BCUT2D eigenvalue weighted by Gasteiger charge is -2.28. The molecule has 1 aliphatic carbocycles. The van der Waals surface area contributed by atoms with E-state index in [2.05, 4.69) is 33.2 Å². The van der Waals surface area contributed by atoms with Crippen LogP contribution in [0.1, 0.15) is 92.4 Å². The largest absolute Gasteiger partial charge is 0.294 e. The molecule has 5 heteroatoms. The lowest BCUT2D eigenvalue weighted by molar-refractivity contribution is -0.116. The molecule has 0 bridgehead atoms. The zero-order valence-electron chi connectivity index (χ0n) is 18.8. The van der Waals surface area contributed by atoms with Crippen molar-refractivity contribution in [3.8, 4) is 0 Å². The normalized spacial score (nSPS) is 21.8. The Morgan fingerprint density at radius 3 is 2.61 bits per heavy atom. The van der Waals surface area contributed by atoms with E-state index in [9.17, 15) is 4.79 Å². The molecule has 4 nitrogen and oxygen atoms in total. The second-order valence-electron chi connectivity index (χ2n) is 7.73. The van der Waals surface area contributed by atoms with Crippen LogP contribution in [-0.4, -0.2) is 35.6 Å². The highest BCUT2D eigenvalue weighted by atomic mass is 32.2. The molecule has 1 rings (SSSR count). The van der Waals surface area contributed by atoms with E-state index in [0.717, 1.165) is 61.4 Å². The number of rotatable bonds is 14. The Morgan fingerprint density at radius 2 is 1.96 bits per heavy atom. The van der Waals surface area contributed by atoms with E-state index in [1.165, 1.54) is 19.3 Å². The summed E-state index contributed by atoms with van der Waals surface area (Å²) in [7, 11) is 0. The molecule has 0 aliphatic heterocycles. The van der Waals surface area contributed by atoms with Gasteiger partial charge in [-0.05, 0) is 44.3 Å². The third kappa shape index (κ3) is 9.13. The highest BCUT2D eigenvalue weighted by molar-refractivity contribution is 7.99. The number of hydroxylamine groups is 1. The first-order valence-electron chi connectivity index (χ1n) is 11.4. The number of unbranched alkanes of at least 4 members (excludes halogenated alkanes) is 3. The second-order valence-corrected chi connectivity index (χ2v) is 9.44. The van der Waals surface area contributed by atoms with Gasteiger partial charge >= 0.3 is 0 Å². The van der Waals surface area contributed by atoms with Crippen molar-refractivity contribution >= 4 is 23.3 Å². The first-order chi connectivity index (χ1) is 13.6. The summed E-state index contributed by atoms with van der Waals surface area (Å²) in [4.78, 5) is 23.5. The Kier molecular flexibility index (Phi) is 13.6. The molecule has 0 heterocycles. The Balaban J connectivity index is 3.02. The van der Waals surface area contributed by atoms with Crippen molar-refractivity contribution in [2.45, 2.75) is 97.7 Å². The van der Waals surface area contributed by atoms with Crippen molar-refractivity contribution < 1.29 is 9.63 Å². The molecule has 1 fully saturated rings. The average Bonchev–Trinajstić information content (AvgIpc) is 2.65. The first-order valence-corrected chi connectivity index (χ1v) is 12.4. The molecule has 28 heavy (non-hydrogen) atoms. The van der Waals surface area contributed by atoms with E-state index in [1.54, 1.807) is 0 Å². The maximum absolute atomic E-state index is 13.1. The Morgan fingerprint density at radius 1 is 1.18 bits per heavy atom. The number of thioether (sulfide) groups is 1. The Labute approximate surface area is 177 Å². The summed E-state index contributed by atoms with van der Waals surface area (Å²) < 4.78 is 0. The van der Waals surface area contributed by atoms with Crippen molar-refractivity contribution in [3.05, 3.63) is 11.3 Å². The number of ketones is 1. The van der Waals surface area contributed by atoms with Gasteiger partial charge < -0.3 is 0 Å². The molecule has 0 saturated heterocycles. The van der Waals surface area contributed by atoms with Crippen molar-refractivity contribution in [2.24, 2.45) is 10.9 Å². The van der Waals surface area contributed by atoms with Gasteiger partial charge in [0.2, 0.25) is 0 Å². The third-order valence-electron chi connectivity index (χ3n) is 5.10. The van der Waals surface area contributed by atoms with Crippen molar-refractivity contribution in [2.75, 3.05) is 18.9 Å². The van der Waals surface area contributed by atoms with Gasteiger partial charge in [-0.2, -0.15) is 11.8 Å². The molecular weight excluding hydrogens is 368 g/mol. The zero-order valence-corrected chi connectivity index (χ0v) is 19.6. The number of allylic oxidation sites excluding steroid dienone is 2. The second kappa shape index (κ2) is 15.1. The number of carbonyl (C=O) groups excluding carboxylic acids is 1. The van der Waals surface area contributed by atoms with Crippen LogP contribution in [0.15, 0.2) is 16.3 Å². The summed E-state index contributed by atoms with van der Waals surface area (Å²) in [5.41, 5.74) is 5.82. The number of aliphatic imine (C=N–C) groups is 1. The number of hydrogen-bond acceptors (Lipinski definition) is 5. The predicted molar refractivity (Wildman–Crippen MR) is 123 cm³/mol. The topological polar surface area (TPSA) is 50.7 Å². The van der Waals surface area contributed by atoms with Crippen LogP contribution < -0.4 is 5.48 Å². The molecular formula is C23H42N2O2S. The summed E-state index contributed by atoms with van der Waals surface area (Å²) in [6, 6.07) is 0. The van der Waals surface area contributed by atoms with Gasteiger partial charge in [-0.15, -0.1) is 0 Å². The lowest BCUT2D eigenvalue weighted by atomic mass is 9.79. The molecule has 0 aromatic carbocycles. The van der Waals surface area contributed by atoms with Crippen LogP contribution in [0.25, 0.3) is 0 Å². The zero-order chi connectivity index (χ0) is 20.8. The van der Waals surface area contributed by atoms with Crippen LogP contribution in [0.5, 0.6) is 0 Å². The van der Waals surface area contributed by atoms with Crippen LogP contribution in [0.4, 0.5) is 0 Å². The van der Waals surface area contributed by atoms with Gasteiger partial charge in [0.15, 0.2) is 5.78 Å². The SMILES string of the molecule is CCCCCCN=C1CC(CC(C)SCC)CC(=O)C1=C(CCC)NOCC. The van der Waals surface area contributed by atoms with Crippen molar-refractivity contribution in [3.63, 3.8) is 0 Å². The van der Waals surface area contributed by atoms with E-state index in [1.807, 2.05) is 18.7 Å². The predicted octanol–water partition coefficient (Wildman–Crippen LogP) is 6.11. The maximum Gasteiger partial charge on any atom is 0.166 e. The fraction of sp³-hybridized carbons (Fsp3) is 0.826. The monoisotopic (exact) mass is 410 g/mol. The van der Waals surface area contributed by atoms with E-state index in [0.29, 0.717) is 24.2 Å². The average molecular weight is 411 g/mol. The Hall–Kier alpha value is -0.810. The number of Topliss-reactive ketones (excluding diaryl/α,β-unsaturated/α-hetero) is 1. The van der Waals surface area contributed by atoms with Crippen molar-refractivity contribution in [1.82, 2.24) is 5.48 Å². The molecule has 0 radical (unpaired) electrons. The molecule has 0 amide bonds. The summed E-state index contributed by atoms with van der Waals surface area (Å²) in [6.45, 7) is 12.2. The number of nitrogens with one attached hydrogen (secondary N) is 1. The third-order valence-corrected chi connectivity index (χ3v) is 6.19. The maximum atomic E-state index is 13.1. The molecule has 0 spiro atoms. The van der Waals surface area contributed by atoms with Gasteiger partial charge in [0.25, 0.3) is 0 Å². The number of nitrogens with zero attached hydrogens (tertiary/aromatic N) is 1. The van der Waals surface area contributed by atoms with Crippen LogP contribution in [0.3, 0.4) is 0 Å².